The van der Waals surface area contributed by atoms with Crippen molar-refractivity contribution >= 4 is 25.5 Å². The summed E-state index contributed by atoms with van der Waals surface area (Å²) in [6.07, 6.45) is 1.50. The molecule has 0 aliphatic heterocycles. The van der Waals surface area contributed by atoms with Crippen molar-refractivity contribution in [1.82, 2.24) is 0 Å². The Morgan fingerprint density at radius 3 is 2.27 bits per heavy atom. The molecule has 0 unspecified atom stereocenters. The normalized spacial score (nSPS) is 11.5. The van der Waals surface area contributed by atoms with Crippen LogP contribution in [-0.4, -0.2) is 20.0 Å². The Labute approximate surface area is 71.2 Å². The number of Topliss-reactive ketones (excluding diaryl/α,β-unsaturated/α-hetero) is 1. The number of ketones is 1. The first kappa shape index (κ1) is 10.9. The highest BCUT2D eigenvalue weighted by atomic mass is 35.7. The molecule has 0 aromatic carbocycles. The SMILES string of the molecule is CC(=O)CCCCS(=O)(=O)Cl. The molecule has 0 spiro atoms. The van der Waals surface area contributed by atoms with Gasteiger partial charge in [0, 0.05) is 17.1 Å². The van der Waals surface area contributed by atoms with Gasteiger partial charge in [0.1, 0.15) is 5.78 Å². The van der Waals surface area contributed by atoms with E-state index < -0.39 is 9.05 Å². The summed E-state index contributed by atoms with van der Waals surface area (Å²) in [7, 11) is 1.57. The van der Waals surface area contributed by atoms with E-state index in [9.17, 15) is 13.2 Å². The first-order valence-electron chi connectivity index (χ1n) is 3.33. The van der Waals surface area contributed by atoms with Gasteiger partial charge in [-0.1, -0.05) is 0 Å². The van der Waals surface area contributed by atoms with Gasteiger partial charge in [-0.15, -0.1) is 0 Å². The number of carbonyl (C=O) groups is 1. The van der Waals surface area contributed by atoms with Crippen LogP contribution in [0.5, 0.6) is 0 Å². The van der Waals surface area contributed by atoms with Gasteiger partial charge in [0.05, 0.1) is 5.75 Å². The summed E-state index contributed by atoms with van der Waals surface area (Å²) in [5.74, 6) is 0.0407. The van der Waals surface area contributed by atoms with Gasteiger partial charge in [-0.25, -0.2) is 8.42 Å². The fourth-order valence-electron chi connectivity index (χ4n) is 0.648. The number of halogens is 1. The largest absolute Gasteiger partial charge is 0.300 e. The zero-order valence-electron chi connectivity index (χ0n) is 6.34. The van der Waals surface area contributed by atoms with E-state index in [0.29, 0.717) is 19.3 Å². The minimum atomic E-state index is -3.36. The number of hydrogen-bond acceptors (Lipinski definition) is 3. The lowest BCUT2D eigenvalue weighted by Gasteiger charge is -1.94. The van der Waals surface area contributed by atoms with Gasteiger partial charge in [-0.2, -0.15) is 0 Å². The number of carbonyl (C=O) groups excluding carboxylic acids is 1. The highest BCUT2D eigenvalue weighted by Crippen LogP contribution is 2.03. The topological polar surface area (TPSA) is 51.2 Å². The van der Waals surface area contributed by atoms with Crippen LogP contribution in [-0.2, 0) is 13.8 Å². The quantitative estimate of drug-likeness (QED) is 0.495. The van der Waals surface area contributed by atoms with E-state index >= 15 is 0 Å². The van der Waals surface area contributed by atoms with E-state index in [2.05, 4.69) is 0 Å². The minimum absolute atomic E-state index is 0.0398. The molecule has 0 saturated carbocycles. The highest BCUT2D eigenvalue weighted by molar-refractivity contribution is 8.13. The van der Waals surface area contributed by atoms with E-state index in [1.54, 1.807) is 0 Å². The van der Waals surface area contributed by atoms with E-state index in [4.69, 9.17) is 10.7 Å². The molecule has 0 aliphatic carbocycles. The number of unbranched alkanes of at least 4 members (excludes halogenated alkanes) is 1. The lowest BCUT2D eigenvalue weighted by molar-refractivity contribution is -0.117. The van der Waals surface area contributed by atoms with E-state index in [1.807, 2.05) is 0 Å². The van der Waals surface area contributed by atoms with Gasteiger partial charge in [0.2, 0.25) is 9.05 Å². The molecular formula is C6H11ClO3S. The van der Waals surface area contributed by atoms with Gasteiger partial charge in [0.25, 0.3) is 0 Å². The van der Waals surface area contributed by atoms with Crippen LogP contribution in [0.2, 0.25) is 0 Å². The monoisotopic (exact) mass is 198 g/mol. The van der Waals surface area contributed by atoms with Crippen molar-refractivity contribution in [3.05, 3.63) is 0 Å². The minimum Gasteiger partial charge on any atom is -0.300 e. The summed E-state index contributed by atoms with van der Waals surface area (Å²) in [5.41, 5.74) is 0. The van der Waals surface area contributed by atoms with Gasteiger partial charge in [0.15, 0.2) is 0 Å². The maximum absolute atomic E-state index is 10.4. The van der Waals surface area contributed by atoms with Crippen LogP contribution in [0.25, 0.3) is 0 Å². The van der Waals surface area contributed by atoms with Gasteiger partial charge < -0.3 is 4.79 Å². The van der Waals surface area contributed by atoms with Crippen LogP contribution in [0.4, 0.5) is 0 Å². The smallest absolute Gasteiger partial charge is 0.232 e. The molecule has 0 amide bonds. The van der Waals surface area contributed by atoms with E-state index in [-0.39, 0.29) is 11.5 Å². The molecule has 66 valence electrons. The van der Waals surface area contributed by atoms with E-state index in [0.717, 1.165) is 0 Å². The molecular weight excluding hydrogens is 188 g/mol. The highest BCUT2D eigenvalue weighted by Gasteiger charge is 2.04. The van der Waals surface area contributed by atoms with Crippen molar-refractivity contribution in [2.75, 3.05) is 5.75 Å². The Balaban J connectivity index is 3.37. The van der Waals surface area contributed by atoms with Crippen molar-refractivity contribution < 1.29 is 13.2 Å². The molecule has 0 aromatic rings. The Morgan fingerprint density at radius 2 is 1.91 bits per heavy atom. The summed E-state index contributed by atoms with van der Waals surface area (Å²) in [6.45, 7) is 1.48. The molecule has 3 nitrogen and oxygen atoms in total. The Bertz CT molecular complexity index is 220. The molecule has 0 saturated heterocycles. The van der Waals surface area contributed by atoms with Crippen molar-refractivity contribution in [1.29, 1.82) is 0 Å². The predicted molar refractivity (Wildman–Crippen MR) is 44.2 cm³/mol. The van der Waals surface area contributed by atoms with Gasteiger partial charge in [-0.05, 0) is 19.8 Å². The number of rotatable bonds is 5. The molecule has 0 aromatic heterocycles. The van der Waals surface area contributed by atoms with Crippen LogP contribution in [0.15, 0.2) is 0 Å². The molecule has 0 radical (unpaired) electrons. The molecule has 0 N–H and O–H groups in total. The summed E-state index contributed by atoms with van der Waals surface area (Å²) < 4.78 is 20.7. The lowest BCUT2D eigenvalue weighted by atomic mass is 10.2. The first-order valence-corrected chi connectivity index (χ1v) is 5.81. The fraction of sp³-hybridized carbons (Fsp3) is 0.833. The Kier molecular flexibility index (Phi) is 4.68. The van der Waals surface area contributed by atoms with Crippen LogP contribution < -0.4 is 0 Å². The summed E-state index contributed by atoms with van der Waals surface area (Å²) in [6, 6.07) is 0. The van der Waals surface area contributed by atoms with Crippen molar-refractivity contribution in [2.24, 2.45) is 0 Å². The second-order valence-electron chi connectivity index (χ2n) is 2.40. The average Bonchev–Trinajstić information content (AvgIpc) is 1.78. The standard InChI is InChI=1S/C6H11ClO3S/c1-6(8)4-2-3-5-11(7,9)10/h2-5H2,1H3. The maximum atomic E-state index is 10.4. The molecule has 11 heavy (non-hydrogen) atoms. The second-order valence-corrected chi connectivity index (χ2v) is 5.30. The number of hydrogen-bond donors (Lipinski definition) is 0. The van der Waals surface area contributed by atoms with E-state index in [1.165, 1.54) is 6.92 Å². The summed E-state index contributed by atoms with van der Waals surface area (Å²) >= 11 is 0. The molecule has 0 bridgehead atoms. The second kappa shape index (κ2) is 4.72. The molecule has 0 aliphatic rings. The predicted octanol–water partition coefficient (Wildman–Crippen LogP) is 1.31. The van der Waals surface area contributed by atoms with Crippen LogP contribution in [0.1, 0.15) is 26.2 Å². The van der Waals surface area contributed by atoms with Crippen LogP contribution >= 0.6 is 10.7 Å². The summed E-state index contributed by atoms with van der Waals surface area (Å²) in [5, 5.41) is 0. The molecule has 0 fully saturated rings. The third-order valence-electron chi connectivity index (χ3n) is 1.17. The third kappa shape index (κ3) is 9.91. The summed E-state index contributed by atoms with van der Waals surface area (Å²) in [4.78, 5) is 10.4. The zero-order chi connectivity index (χ0) is 8.91. The Morgan fingerprint density at radius 1 is 1.36 bits per heavy atom. The van der Waals surface area contributed by atoms with Crippen LogP contribution in [0.3, 0.4) is 0 Å². The molecule has 0 rings (SSSR count). The van der Waals surface area contributed by atoms with Gasteiger partial charge in [-0.3, -0.25) is 0 Å². The first-order chi connectivity index (χ1) is 4.92. The lowest BCUT2D eigenvalue weighted by Crippen LogP contribution is -1.98. The van der Waals surface area contributed by atoms with Crippen molar-refractivity contribution in [2.45, 2.75) is 26.2 Å². The molecule has 5 heteroatoms. The fourth-order valence-corrected chi connectivity index (χ4v) is 1.52. The third-order valence-corrected chi connectivity index (χ3v) is 2.41. The maximum Gasteiger partial charge on any atom is 0.232 e. The zero-order valence-corrected chi connectivity index (χ0v) is 7.91. The van der Waals surface area contributed by atoms with Gasteiger partial charge >= 0.3 is 0 Å². The van der Waals surface area contributed by atoms with Crippen LogP contribution in [0, 0.1) is 0 Å². The molecule has 0 heterocycles. The van der Waals surface area contributed by atoms with Crippen molar-refractivity contribution in [3.8, 4) is 0 Å². The molecule has 0 atom stereocenters. The van der Waals surface area contributed by atoms with Crippen molar-refractivity contribution in [3.63, 3.8) is 0 Å². The Hall–Kier alpha value is -0.0900. The average molecular weight is 199 g/mol.